The number of rotatable bonds is 5. The molecular formula is C22H20FN3O4. The van der Waals surface area contributed by atoms with Gasteiger partial charge in [0.15, 0.2) is 0 Å². The number of hydrogen-bond donors (Lipinski definition) is 0. The Hall–Kier alpha value is -3.10. The molecule has 3 aromatic rings. The third-order valence-corrected chi connectivity index (χ3v) is 5.81. The molecule has 0 saturated carbocycles. The van der Waals surface area contributed by atoms with Crippen molar-refractivity contribution in [3.63, 3.8) is 0 Å². The summed E-state index contributed by atoms with van der Waals surface area (Å²) in [6.07, 6.45) is 1.77. The number of imide groups is 1. The van der Waals surface area contributed by atoms with Gasteiger partial charge in [0.2, 0.25) is 0 Å². The first kappa shape index (κ1) is 18.9. The molecule has 3 heterocycles. The molecule has 2 amide bonds. The Morgan fingerprint density at radius 2 is 1.77 bits per heavy atom. The van der Waals surface area contributed by atoms with E-state index in [4.69, 9.17) is 9.36 Å². The molecule has 8 heteroatoms. The van der Waals surface area contributed by atoms with E-state index in [1.54, 1.807) is 30.3 Å². The lowest BCUT2D eigenvalue weighted by molar-refractivity contribution is -0.0964. The number of carbonyl (C=O) groups is 2. The van der Waals surface area contributed by atoms with E-state index >= 15 is 0 Å². The Morgan fingerprint density at radius 3 is 2.47 bits per heavy atom. The fraction of sp³-hybridized carbons (Fsp3) is 0.318. The largest absolute Gasteiger partial charge is 0.360 e. The molecule has 0 atom stereocenters. The summed E-state index contributed by atoms with van der Waals surface area (Å²) in [6.45, 7) is 2.53. The van der Waals surface area contributed by atoms with Gasteiger partial charge in [0.25, 0.3) is 11.8 Å². The molecule has 0 aliphatic carbocycles. The molecule has 7 nitrogen and oxygen atoms in total. The summed E-state index contributed by atoms with van der Waals surface area (Å²) in [5, 5.41) is 5.70. The molecule has 1 fully saturated rings. The molecule has 154 valence electrons. The smallest absolute Gasteiger partial charge is 0.285 e. The van der Waals surface area contributed by atoms with Crippen molar-refractivity contribution in [1.82, 2.24) is 15.1 Å². The molecule has 1 saturated heterocycles. The highest BCUT2D eigenvalue weighted by molar-refractivity contribution is 6.20. The SMILES string of the molecule is O=C1c2ccccc2C(=O)N1OCCN1CCC(c2onc3cc(F)ccc23)CC1. The summed E-state index contributed by atoms with van der Waals surface area (Å²) in [5.74, 6) is -0.109. The van der Waals surface area contributed by atoms with Crippen LogP contribution in [0.4, 0.5) is 4.39 Å². The molecule has 2 aliphatic heterocycles. The Morgan fingerprint density at radius 1 is 1.07 bits per heavy atom. The van der Waals surface area contributed by atoms with Crippen molar-refractivity contribution in [1.29, 1.82) is 0 Å². The lowest BCUT2D eigenvalue weighted by Crippen LogP contribution is -2.38. The molecule has 0 unspecified atom stereocenters. The van der Waals surface area contributed by atoms with Gasteiger partial charge in [0, 0.05) is 23.9 Å². The molecule has 0 N–H and O–H groups in total. The van der Waals surface area contributed by atoms with Crippen molar-refractivity contribution < 1.29 is 23.3 Å². The van der Waals surface area contributed by atoms with Gasteiger partial charge in [-0.15, -0.1) is 5.06 Å². The van der Waals surface area contributed by atoms with Crippen LogP contribution in [0.3, 0.4) is 0 Å². The van der Waals surface area contributed by atoms with Gasteiger partial charge in [-0.05, 0) is 50.2 Å². The van der Waals surface area contributed by atoms with E-state index in [9.17, 15) is 14.0 Å². The number of amides is 2. The second-order valence-electron chi connectivity index (χ2n) is 7.61. The fourth-order valence-electron chi connectivity index (χ4n) is 4.20. The summed E-state index contributed by atoms with van der Waals surface area (Å²) < 4.78 is 18.9. The monoisotopic (exact) mass is 409 g/mol. The summed E-state index contributed by atoms with van der Waals surface area (Å²) >= 11 is 0. The quantitative estimate of drug-likeness (QED) is 0.602. The Bertz CT molecular complexity index is 1090. The molecule has 0 radical (unpaired) electrons. The summed E-state index contributed by atoms with van der Waals surface area (Å²) in [5.41, 5.74) is 1.30. The van der Waals surface area contributed by atoms with Crippen molar-refractivity contribution in [3.05, 3.63) is 65.2 Å². The van der Waals surface area contributed by atoms with Crippen LogP contribution in [-0.4, -0.2) is 53.2 Å². The normalized spacial score (nSPS) is 17.8. The van der Waals surface area contributed by atoms with Gasteiger partial charge in [-0.1, -0.05) is 17.3 Å². The lowest BCUT2D eigenvalue weighted by atomic mass is 9.92. The Balaban J connectivity index is 1.14. The van der Waals surface area contributed by atoms with Crippen molar-refractivity contribution in [2.24, 2.45) is 0 Å². The van der Waals surface area contributed by atoms with E-state index in [1.807, 2.05) is 0 Å². The van der Waals surface area contributed by atoms with E-state index in [2.05, 4.69) is 10.1 Å². The number of likely N-dealkylation sites (tertiary alicyclic amines) is 1. The molecule has 2 aromatic carbocycles. The maximum absolute atomic E-state index is 13.3. The van der Waals surface area contributed by atoms with Crippen molar-refractivity contribution in [3.8, 4) is 0 Å². The molecule has 5 rings (SSSR count). The van der Waals surface area contributed by atoms with Gasteiger partial charge in [0.1, 0.15) is 17.1 Å². The minimum Gasteiger partial charge on any atom is -0.360 e. The van der Waals surface area contributed by atoms with Gasteiger partial charge >= 0.3 is 0 Å². The minimum absolute atomic E-state index is 0.230. The van der Waals surface area contributed by atoms with E-state index in [1.165, 1.54) is 12.1 Å². The zero-order valence-electron chi connectivity index (χ0n) is 16.2. The number of halogens is 1. The van der Waals surface area contributed by atoms with Crippen LogP contribution in [0.5, 0.6) is 0 Å². The Labute approximate surface area is 171 Å². The topological polar surface area (TPSA) is 75.9 Å². The highest BCUT2D eigenvalue weighted by Gasteiger charge is 2.36. The molecule has 1 aromatic heterocycles. The van der Waals surface area contributed by atoms with Gasteiger partial charge < -0.3 is 9.42 Å². The van der Waals surface area contributed by atoms with Gasteiger partial charge in [-0.25, -0.2) is 4.39 Å². The number of benzene rings is 2. The van der Waals surface area contributed by atoms with Gasteiger partial charge in [0.05, 0.1) is 17.7 Å². The van der Waals surface area contributed by atoms with Crippen molar-refractivity contribution >= 4 is 22.7 Å². The summed E-state index contributed by atoms with van der Waals surface area (Å²) in [6, 6.07) is 11.2. The second-order valence-corrected chi connectivity index (χ2v) is 7.61. The molecule has 0 bridgehead atoms. The number of carbonyl (C=O) groups excluding carboxylic acids is 2. The maximum Gasteiger partial charge on any atom is 0.285 e. The fourth-order valence-corrected chi connectivity index (χ4v) is 4.20. The maximum atomic E-state index is 13.3. The zero-order valence-corrected chi connectivity index (χ0v) is 16.2. The first-order valence-corrected chi connectivity index (χ1v) is 10.00. The third kappa shape index (κ3) is 3.28. The van der Waals surface area contributed by atoms with Crippen LogP contribution in [-0.2, 0) is 4.84 Å². The van der Waals surface area contributed by atoms with E-state index < -0.39 is 11.8 Å². The van der Waals surface area contributed by atoms with Crippen LogP contribution in [0, 0.1) is 5.82 Å². The molecular weight excluding hydrogens is 389 g/mol. The first-order valence-electron chi connectivity index (χ1n) is 10.00. The molecule has 0 spiro atoms. The van der Waals surface area contributed by atoms with Crippen LogP contribution in [0.1, 0.15) is 45.2 Å². The van der Waals surface area contributed by atoms with Crippen LogP contribution in [0.15, 0.2) is 47.0 Å². The van der Waals surface area contributed by atoms with Gasteiger partial charge in [-0.3, -0.25) is 14.4 Å². The number of hydroxylamine groups is 2. The van der Waals surface area contributed by atoms with E-state index in [0.717, 1.165) is 42.1 Å². The molecule has 2 aliphatic rings. The second kappa shape index (κ2) is 7.62. The summed E-state index contributed by atoms with van der Waals surface area (Å²) in [7, 11) is 0. The predicted octanol–water partition coefficient (Wildman–Crippen LogP) is 3.37. The lowest BCUT2D eigenvalue weighted by Gasteiger charge is -2.31. The van der Waals surface area contributed by atoms with Crippen LogP contribution >= 0.6 is 0 Å². The minimum atomic E-state index is -0.414. The standard InChI is InChI=1S/C22H20FN3O4/c23-15-5-6-18-19(13-15)24-30-20(18)14-7-9-25(10-8-14)11-12-29-26-21(27)16-3-1-2-4-17(16)22(26)28/h1-6,13-14H,7-12H2. The zero-order chi connectivity index (χ0) is 20.7. The predicted molar refractivity (Wildman–Crippen MR) is 105 cm³/mol. The van der Waals surface area contributed by atoms with Gasteiger partial charge in [-0.2, -0.15) is 0 Å². The highest BCUT2D eigenvalue weighted by Crippen LogP contribution is 2.33. The average molecular weight is 409 g/mol. The van der Waals surface area contributed by atoms with Crippen molar-refractivity contribution in [2.45, 2.75) is 18.8 Å². The van der Waals surface area contributed by atoms with Crippen molar-refractivity contribution in [2.75, 3.05) is 26.2 Å². The third-order valence-electron chi connectivity index (χ3n) is 5.81. The van der Waals surface area contributed by atoms with Crippen LogP contribution in [0.2, 0.25) is 0 Å². The number of hydrogen-bond acceptors (Lipinski definition) is 6. The Kier molecular flexibility index (Phi) is 4.80. The summed E-state index contributed by atoms with van der Waals surface area (Å²) in [4.78, 5) is 32.4. The van der Waals surface area contributed by atoms with Crippen LogP contribution in [0.25, 0.3) is 10.9 Å². The number of piperidine rings is 1. The number of fused-ring (bicyclic) bond motifs is 2. The average Bonchev–Trinajstić information content (AvgIpc) is 3.29. The number of nitrogens with zero attached hydrogens (tertiary/aromatic N) is 3. The number of aromatic nitrogens is 1. The van der Waals surface area contributed by atoms with Crippen LogP contribution < -0.4 is 0 Å². The highest BCUT2D eigenvalue weighted by atomic mass is 19.1. The van der Waals surface area contributed by atoms with E-state index in [-0.39, 0.29) is 18.3 Å². The van der Waals surface area contributed by atoms with E-state index in [0.29, 0.717) is 23.2 Å². The molecule has 30 heavy (non-hydrogen) atoms. The first-order chi connectivity index (χ1) is 14.6.